The van der Waals surface area contributed by atoms with Crippen LogP contribution in [0.4, 0.5) is 11.4 Å². The van der Waals surface area contributed by atoms with E-state index in [0.717, 1.165) is 17.1 Å². The Balaban J connectivity index is 1.29. The van der Waals surface area contributed by atoms with E-state index in [1.807, 2.05) is 24.3 Å². The van der Waals surface area contributed by atoms with Gasteiger partial charge in [-0.3, -0.25) is 19.5 Å². The number of carbonyl (C=O) groups is 2. The van der Waals surface area contributed by atoms with E-state index in [9.17, 15) is 18.0 Å². The van der Waals surface area contributed by atoms with E-state index < -0.39 is 21.8 Å². The Morgan fingerprint density at radius 3 is 2.33 bits per heavy atom. The van der Waals surface area contributed by atoms with E-state index in [4.69, 9.17) is 28.4 Å². The number of H-pyrrole nitrogens is 1. The highest BCUT2D eigenvalue weighted by Gasteiger charge is 2.18. The standard InChI is InChI=1S/C29H21Cl2N5O5S/c30-23-13-9-18(15-22(23)28-33-25-3-1-2-4-26(25)34-28)32-29(38)21-12-8-19(16-24(21)31)36-42(40,41)20-10-5-17(6-11-20)7-14-27(37)35-39/h1-16,36,39H,(H,32,38)(H,33,34)(H,35,37)/b14-7+. The number of rotatable bonds is 8. The maximum absolute atomic E-state index is 13.0. The van der Waals surface area contributed by atoms with Crippen LogP contribution in [0.15, 0.2) is 95.9 Å². The van der Waals surface area contributed by atoms with Crippen LogP contribution in [0.2, 0.25) is 10.0 Å². The zero-order valence-electron chi connectivity index (χ0n) is 21.4. The molecular formula is C29H21Cl2N5O5S. The van der Waals surface area contributed by atoms with E-state index in [0.29, 0.717) is 27.7 Å². The average molecular weight is 622 g/mol. The molecule has 0 fully saturated rings. The normalized spacial score (nSPS) is 11.5. The second-order valence-corrected chi connectivity index (χ2v) is 11.4. The highest BCUT2D eigenvalue weighted by molar-refractivity contribution is 7.92. The molecule has 0 aliphatic carbocycles. The van der Waals surface area contributed by atoms with Gasteiger partial charge in [-0.15, -0.1) is 0 Å². The fraction of sp³-hybridized carbons (Fsp3) is 0. The first kappa shape index (κ1) is 28.8. The highest BCUT2D eigenvalue weighted by atomic mass is 35.5. The molecule has 4 aromatic carbocycles. The predicted molar refractivity (Wildman–Crippen MR) is 162 cm³/mol. The molecule has 0 atom stereocenters. The third-order valence-electron chi connectivity index (χ3n) is 6.06. The van der Waals surface area contributed by atoms with Crippen LogP contribution in [0.5, 0.6) is 0 Å². The molecule has 5 aromatic rings. The van der Waals surface area contributed by atoms with Crippen LogP contribution in [-0.2, 0) is 14.8 Å². The van der Waals surface area contributed by atoms with Crippen LogP contribution in [0.25, 0.3) is 28.5 Å². The number of anilines is 2. The smallest absolute Gasteiger partial charge is 0.267 e. The van der Waals surface area contributed by atoms with Gasteiger partial charge in [-0.1, -0.05) is 47.5 Å². The maximum Gasteiger partial charge on any atom is 0.267 e. The number of imidazole rings is 1. The Labute approximate surface area is 250 Å². The third-order valence-corrected chi connectivity index (χ3v) is 8.10. The lowest BCUT2D eigenvalue weighted by Crippen LogP contribution is -2.15. The lowest BCUT2D eigenvalue weighted by molar-refractivity contribution is -0.124. The van der Waals surface area contributed by atoms with Gasteiger partial charge in [-0.2, -0.15) is 0 Å². The molecule has 0 radical (unpaired) electrons. The molecule has 0 unspecified atom stereocenters. The summed E-state index contributed by atoms with van der Waals surface area (Å²) in [5.74, 6) is -0.680. The number of sulfonamides is 1. The number of carbonyl (C=O) groups excluding carboxylic acids is 2. The van der Waals surface area contributed by atoms with Gasteiger partial charge in [0.2, 0.25) is 0 Å². The molecule has 212 valence electrons. The summed E-state index contributed by atoms with van der Waals surface area (Å²) < 4.78 is 28.2. The summed E-state index contributed by atoms with van der Waals surface area (Å²) in [5, 5.41) is 11.8. The van der Waals surface area contributed by atoms with Gasteiger partial charge in [0, 0.05) is 17.3 Å². The van der Waals surface area contributed by atoms with Gasteiger partial charge >= 0.3 is 0 Å². The number of aromatic nitrogens is 2. The summed E-state index contributed by atoms with van der Waals surface area (Å²) in [5.41, 5.74) is 4.96. The van der Waals surface area contributed by atoms with Crippen molar-refractivity contribution in [1.29, 1.82) is 0 Å². The highest BCUT2D eigenvalue weighted by Crippen LogP contribution is 2.31. The molecule has 5 N–H and O–H groups in total. The van der Waals surface area contributed by atoms with E-state index in [1.54, 1.807) is 18.2 Å². The Morgan fingerprint density at radius 1 is 0.881 bits per heavy atom. The van der Waals surface area contributed by atoms with Crippen LogP contribution in [0, 0.1) is 0 Å². The quantitative estimate of drug-likeness (QED) is 0.0800. The summed E-state index contributed by atoms with van der Waals surface area (Å²) in [6.45, 7) is 0. The van der Waals surface area contributed by atoms with Crippen molar-refractivity contribution in [3.63, 3.8) is 0 Å². The number of amides is 2. The number of hydrogen-bond acceptors (Lipinski definition) is 6. The van der Waals surface area contributed by atoms with E-state index in [-0.39, 0.29) is 21.2 Å². The lowest BCUT2D eigenvalue weighted by atomic mass is 10.1. The summed E-state index contributed by atoms with van der Waals surface area (Å²) >= 11 is 12.8. The first-order chi connectivity index (χ1) is 20.1. The molecule has 10 nitrogen and oxygen atoms in total. The summed E-state index contributed by atoms with van der Waals surface area (Å²) in [6, 6.07) is 22.4. The van der Waals surface area contributed by atoms with Crippen molar-refractivity contribution >= 4 is 73.5 Å². The van der Waals surface area contributed by atoms with Crippen LogP contribution in [0.3, 0.4) is 0 Å². The minimum atomic E-state index is -3.98. The largest absolute Gasteiger partial charge is 0.338 e. The molecule has 42 heavy (non-hydrogen) atoms. The third kappa shape index (κ3) is 6.45. The second-order valence-electron chi connectivity index (χ2n) is 8.93. The van der Waals surface area contributed by atoms with Crippen molar-refractivity contribution in [2.45, 2.75) is 4.90 Å². The predicted octanol–water partition coefficient (Wildman–Crippen LogP) is 6.11. The first-order valence-corrected chi connectivity index (χ1v) is 14.5. The Bertz CT molecular complexity index is 1920. The van der Waals surface area contributed by atoms with Crippen LogP contribution in [0.1, 0.15) is 15.9 Å². The number of hydrogen-bond donors (Lipinski definition) is 5. The molecule has 13 heteroatoms. The van der Waals surface area contributed by atoms with Gasteiger partial charge < -0.3 is 10.3 Å². The van der Waals surface area contributed by atoms with Crippen molar-refractivity contribution in [2.24, 2.45) is 0 Å². The van der Waals surface area contributed by atoms with E-state index in [2.05, 4.69) is 20.0 Å². The molecule has 1 aromatic heterocycles. The Morgan fingerprint density at radius 2 is 1.62 bits per heavy atom. The molecular weight excluding hydrogens is 601 g/mol. The molecule has 0 bridgehead atoms. The van der Waals surface area contributed by atoms with Gasteiger partial charge in [0.15, 0.2) is 0 Å². The molecule has 0 saturated carbocycles. The number of nitrogens with zero attached hydrogens (tertiary/aromatic N) is 1. The first-order valence-electron chi connectivity index (χ1n) is 12.2. The van der Waals surface area contributed by atoms with Crippen molar-refractivity contribution < 1.29 is 23.2 Å². The summed E-state index contributed by atoms with van der Waals surface area (Å²) in [4.78, 5) is 31.9. The molecule has 0 aliphatic heterocycles. The Hall–Kier alpha value is -4.68. The number of fused-ring (bicyclic) bond motifs is 1. The number of halogens is 2. The van der Waals surface area contributed by atoms with Crippen molar-refractivity contribution in [2.75, 3.05) is 10.0 Å². The number of aromatic amines is 1. The fourth-order valence-electron chi connectivity index (χ4n) is 4.01. The van der Waals surface area contributed by atoms with Gasteiger partial charge in [0.1, 0.15) is 5.82 Å². The van der Waals surface area contributed by atoms with E-state index in [1.165, 1.54) is 54.0 Å². The van der Waals surface area contributed by atoms with E-state index >= 15 is 0 Å². The minimum Gasteiger partial charge on any atom is -0.338 e. The second kappa shape index (κ2) is 12.0. The molecule has 5 rings (SSSR count). The summed E-state index contributed by atoms with van der Waals surface area (Å²) in [6.07, 6.45) is 2.50. The lowest BCUT2D eigenvalue weighted by Gasteiger charge is -2.12. The number of hydroxylamine groups is 1. The monoisotopic (exact) mass is 621 g/mol. The maximum atomic E-state index is 13.0. The van der Waals surface area contributed by atoms with Crippen LogP contribution < -0.4 is 15.5 Å². The van der Waals surface area contributed by atoms with Crippen LogP contribution in [-0.4, -0.2) is 35.4 Å². The Kier molecular flexibility index (Phi) is 8.27. The van der Waals surface area contributed by atoms with Gasteiger partial charge in [-0.25, -0.2) is 18.9 Å². The van der Waals surface area contributed by atoms with Gasteiger partial charge in [0.05, 0.1) is 37.2 Å². The molecule has 0 spiro atoms. The zero-order valence-corrected chi connectivity index (χ0v) is 23.8. The van der Waals surface area contributed by atoms with Crippen molar-refractivity contribution in [3.05, 3.63) is 112 Å². The van der Waals surface area contributed by atoms with Gasteiger partial charge in [-0.05, 0) is 72.3 Å². The van der Waals surface area contributed by atoms with Crippen molar-refractivity contribution in [1.82, 2.24) is 15.4 Å². The summed E-state index contributed by atoms with van der Waals surface area (Å²) in [7, 11) is -3.98. The number of nitrogens with one attached hydrogen (secondary N) is 4. The minimum absolute atomic E-state index is 0.0295. The molecule has 0 aliphatic rings. The fourth-order valence-corrected chi connectivity index (χ4v) is 5.53. The number of benzene rings is 4. The zero-order chi connectivity index (χ0) is 29.9. The molecule has 0 saturated heterocycles. The van der Waals surface area contributed by atoms with Crippen LogP contribution >= 0.6 is 23.2 Å². The molecule has 1 heterocycles. The molecule has 2 amide bonds. The average Bonchev–Trinajstić information content (AvgIpc) is 3.41. The van der Waals surface area contributed by atoms with Crippen molar-refractivity contribution in [3.8, 4) is 11.4 Å². The van der Waals surface area contributed by atoms with Gasteiger partial charge in [0.25, 0.3) is 21.8 Å². The SMILES string of the molecule is O=C(/C=C/c1ccc(S(=O)(=O)Nc2ccc(C(=O)Nc3ccc(Cl)c(-c4nc5ccccc5[nH]4)c3)c(Cl)c2)cc1)NO. The number of para-hydroxylation sites is 2. The topological polar surface area (TPSA) is 153 Å².